The molecule has 2 heteroatoms. The van der Waals surface area contributed by atoms with Gasteiger partial charge in [0.15, 0.2) is 0 Å². The van der Waals surface area contributed by atoms with Crippen molar-refractivity contribution in [2.75, 3.05) is 0 Å². The molecule has 1 atom stereocenters. The summed E-state index contributed by atoms with van der Waals surface area (Å²) >= 11 is 6.70. The summed E-state index contributed by atoms with van der Waals surface area (Å²) in [5, 5.41) is 0. The molecule has 0 saturated heterocycles. The average Bonchev–Trinajstić information content (AvgIpc) is 3.51. The first-order chi connectivity index (χ1) is 23.7. The van der Waals surface area contributed by atoms with Crippen molar-refractivity contribution in [3.63, 3.8) is 0 Å². The van der Waals surface area contributed by atoms with Gasteiger partial charge in [0.05, 0.1) is 0 Å². The van der Waals surface area contributed by atoms with E-state index in [0.717, 1.165) is 4.91 Å². The highest BCUT2D eigenvalue weighted by atomic mass is 32.1. The van der Waals surface area contributed by atoms with Crippen LogP contribution in [0.2, 0.25) is 0 Å². The standard InChI is InChI=1S/C48H72S2/c1-11-13-15-17-19-21-34-48(10,35-22-20-18-16-14-12-2)42-36-39(46(4,5)6)29-31-41(42)40-30-28-38(27-26-37(40)3)24-23-25-43(49)44-32-33-45(50-44)47(7,8)9/h23-33,36,38,49H,11-22,34-35H2,1-10H3/b24-23+,43-25-. The largest absolute Gasteiger partial charge is 0.142 e. The van der Waals surface area contributed by atoms with Gasteiger partial charge in [0.2, 0.25) is 0 Å². The van der Waals surface area contributed by atoms with E-state index in [-0.39, 0.29) is 22.2 Å². The van der Waals surface area contributed by atoms with Crippen molar-refractivity contribution in [3.8, 4) is 0 Å². The molecule has 1 heterocycles. The van der Waals surface area contributed by atoms with Crippen LogP contribution in [0.15, 0.2) is 78.4 Å². The number of allylic oxidation sites excluding steroid dienone is 9. The minimum atomic E-state index is 0.115. The van der Waals surface area contributed by atoms with Crippen molar-refractivity contribution in [1.29, 1.82) is 0 Å². The van der Waals surface area contributed by atoms with Gasteiger partial charge in [-0.15, -0.1) is 24.0 Å². The van der Waals surface area contributed by atoms with E-state index in [1.807, 2.05) is 11.3 Å². The Morgan fingerprint density at radius 2 is 1.30 bits per heavy atom. The fourth-order valence-electron chi connectivity index (χ4n) is 7.14. The number of thiol groups is 1. The van der Waals surface area contributed by atoms with Gasteiger partial charge in [-0.25, -0.2) is 0 Å². The number of thiophene rings is 1. The van der Waals surface area contributed by atoms with E-state index in [2.05, 4.69) is 142 Å². The number of benzene rings is 1. The van der Waals surface area contributed by atoms with Crippen LogP contribution in [0.25, 0.3) is 10.5 Å². The van der Waals surface area contributed by atoms with Crippen LogP contribution >= 0.6 is 24.0 Å². The Labute approximate surface area is 319 Å². The van der Waals surface area contributed by atoms with Crippen molar-refractivity contribution in [3.05, 3.63) is 105 Å². The summed E-state index contributed by atoms with van der Waals surface area (Å²) < 4.78 is 0. The van der Waals surface area contributed by atoms with Crippen molar-refractivity contribution in [2.45, 2.75) is 175 Å². The highest BCUT2D eigenvalue weighted by Crippen LogP contribution is 2.43. The van der Waals surface area contributed by atoms with E-state index in [9.17, 15) is 0 Å². The maximum atomic E-state index is 4.86. The second kappa shape index (κ2) is 20.3. The van der Waals surface area contributed by atoms with Crippen LogP contribution in [-0.2, 0) is 16.2 Å². The molecule has 0 saturated carbocycles. The van der Waals surface area contributed by atoms with Gasteiger partial charge in [-0.1, -0.05) is 194 Å². The van der Waals surface area contributed by atoms with Crippen molar-refractivity contribution in [2.24, 2.45) is 5.92 Å². The molecule has 276 valence electrons. The molecule has 1 aromatic heterocycles. The van der Waals surface area contributed by atoms with Crippen LogP contribution in [-0.4, -0.2) is 0 Å². The Balaban J connectivity index is 1.92. The summed E-state index contributed by atoms with van der Waals surface area (Å²) in [6.07, 6.45) is 34.9. The molecule has 50 heavy (non-hydrogen) atoms. The lowest BCUT2D eigenvalue weighted by Gasteiger charge is -2.35. The van der Waals surface area contributed by atoms with Gasteiger partial charge in [-0.05, 0) is 82.1 Å². The van der Waals surface area contributed by atoms with E-state index in [0.29, 0.717) is 0 Å². The molecule has 1 aromatic carbocycles. The van der Waals surface area contributed by atoms with Crippen LogP contribution in [0.3, 0.4) is 0 Å². The zero-order valence-electron chi connectivity index (χ0n) is 33.8. The molecular formula is C48H72S2. The van der Waals surface area contributed by atoms with E-state index in [1.165, 1.54) is 122 Å². The minimum Gasteiger partial charge on any atom is -0.142 e. The van der Waals surface area contributed by atoms with Gasteiger partial charge in [0.1, 0.15) is 0 Å². The fourth-order valence-corrected chi connectivity index (χ4v) is 8.43. The predicted molar refractivity (Wildman–Crippen MR) is 232 cm³/mol. The predicted octanol–water partition coefficient (Wildman–Crippen LogP) is 16.1. The van der Waals surface area contributed by atoms with E-state index < -0.39 is 0 Å². The van der Waals surface area contributed by atoms with E-state index in [1.54, 1.807) is 5.56 Å². The molecule has 2 aromatic rings. The highest BCUT2D eigenvalue weighted by Gasteiger charge is 2.31. The van der Waals surface area contributed by atoms with Crippen molar-refractivity contribution in [1.82, 2.24) is 0 Å². The van der Waals surface area contributed by atoms with Crippen LogP contribution in [0.1, 0.15) is 186 Å². The molecule has 1 aliphatic carbocycles. The minimum absolute atomic E-state index is 0.115. The molecule has 0 bridgehead atoms. The van der Waals surface area contributed by atoms with Gasteiger partial charge >= 0.3 is 0 Å². The van der Waals surface area contributed by atoms with Crippen LogP contribution in [0.4, 0.5) is 0 Å². The highest BCUT2D eigenvalue weighted by molar-refractivity contribution is 7.90. The lowest BCUT2D eigenvalue weighted by atomic mass is 9.69. The first-order valence-electron chi connectivity index (χ1n) is 20.1. The molecule has 3 rings (SSSR count). The van der Waals surface area contributed by atoms with Gasteiger partial charge in [0.25, 0.3) is 0 Å². The molecule has 0 fully saturated rings. The zero-order valence-corrected chi connectivity index (χ0v) is 35.5. The molecule has 0 nitrogen and oxygen atoms in total. The lowest BCUT2D eigenvalue weighted by molar-refractivity contribution is 0.361. The molecule has 0 amide bonds. The maximum Gasteiger partial charge on any atom is 0.0406 e. The molecule has 1 aliphatic rings. The van der Waals surface area contributed by atoms with Crippen LogP contribution in [0, 0.1) is 5.92 Å². The van der Waals surface area contributed by atoms with Crippen LogP contribution < -0.4 is 0 Å². The fraction of sp³-hybridized carbons (Fsp3) is 0.583. The molecular weight excluding hydrogens is 641 g/mol. The summed E-state index contributed by atoms with van der Waals surface area (Å²) in [5.74, 6) is 0.239. The summed E-state index contributed by atoms with van der Waals surface area (Å²) in [7, 11) is 0. The third-order valence-electron chi connectivity index (χ3n) is 10.7. The summed E-state index contributed by atoms with van der Waals surface area (Å²) in [6.45, 7) is 23.5. The first-order valence-corrected chi connectivity index (χ1v) is 21.4. The summed E-state index contributed by atoms with van der Waals surface area (Å²) in [5.41, 5.74) is 7.63. The van der Waals surface area contributed by atoms with Gasteiger partial charge < -0.3 is 0 Å². The molecule has 0 aliphatic heterocycles. The zero-order chi connectivity index (χ0) is 36.8. The number of rotatable bonds is 19. The number of hydrogen-bond donors (Lipinski definition) is 1. The Kier molecular flexibility index (Phi) is 17.2. The first kappa shape index (κ1) is 42.4. The number of hydrogen-bond acceptors (Lipinski definition) is 2. The third kappa shape index (κ3) is 13.2. The summed E-state index contributed by atoms with van der Waals surface area (Å²) in [6, 6.07) is 11.9. The van der Waals surface area contributed by atoms with E-state index in [4.69, 9.17) is 12.6 Å². The molecule has 0 N–H and O–H groups in total. The second-order valence-corrected chi connectivity index (χ2v) is 18.9. The normalized spacial score (nSPS) is 16.2. The molecule has 1 unspecified atom stereocenters. The SMILES string of the molecule is CCCCCCCCC(C)(CCCCCCCC)c1cc(C(C)(C)C)ccc1C1=C(C)C=CC(/C=C/C=C(\S)c2ccc(C(C)(C)C)s2)C=C1. The number of unbranched alkanes of at least 4 members (excludes halogenated alkanes) is 10. The Morgan fingerprint density at radius 1 is 0.720 bits per heavy atom. The maximum absolute atomic E-state index is 4.86. The van der Waals surface area contributed by atoms with E-state index >= 15 is 0 Å². The van der Waals surface area contributed by atoms with Gasteiger partial charge in [-0.3, -0.25) is 0 Å². The Bertz CT molecular complexity index is 1460. The Morgan fingerprint density at radius 3 is 1.86 bits per heavy atom. The smallest absolute Gasteiger partial charge is 0.0406 e. The Hall–Kier alpha value is -2.03. The second-order valence-electron chi connectivity index (χ2n) is 17.3. The van der Waals surface area contributed by atoms with Gasteiger partial charge in [-0.2, -0.15) is 0 Å². The monoisotopic (exact) mass is 713 g/mol. The third-order valence-corrected chi connectivity index (χ3v) is 12.7. The quantitative estimate of drug-likeness (QED) is 0.0837. The summed E-state index contributed by atoms with van der Waals surface area (Å²) in [4.78, 5) is 3.65. The average molecular weight is 713 g/mol. The topological polar surface area (TPSA) is 0 Å². The lowest BCUT2D eigenvalue weighted by Crippen LogP contribution is -2.25. The molecule has 0 radical (unpaired) electrons. The van der Waals surface area contributed by atoms with Crippen LogP contribution in [0.5, 0.6) is 0 Å². The van der Waals surface area contributed by atoms with Crippen molar-refractivity contribution < 1.29 is 0 Å². The van der Waals surface area contributed by atoms with Gasteiger partial charge in [0, 0.05) is 20.6 Å². The van der Waals surface area contributed by atoms with Crippen molar-refractivity contribution >= 4 is 34.4 Å². The molecule has 0 spiro atoms.